The molecule has 0 atom stereocenters. The van der Waals surface area contributed by atoms with Gasteiger partial charge in [-0.05, 0) is 42.4 Å². The van der Waals surface area contributed by atoms with Gasteiger partial charge in [0.2, 0.25) is 5.16 Å². The maximum Gasteiger partial charge on any atom is 0.209 e. The maximum atomic E-state index is 6.19. The van der Waals surface area contributed by atoms with Crippen molar-refractivity contribution in [1.82, 2.24) is 25.5 Å². The first-order valence-corrected chi connectivity index (χ1v) is 9.02. The first-order valence-electron chi connectivity index (χ1n) is 7.28. The Balaban J connectivity index is 1.76. The molecule has 1 aromatic heterocycles. The lowest BCUT2D eigenvalue weighted by Gasteiger charge is -2.13. The van der Waals surface area contributed by atoms with Crippen molar-refractivity contribution in [3.8, 4) is 5.75 Å². The van der Waals surface area contributed by atoms with E-state index in [0.717, 1.165) is 29.4 Å². The van der Waals surface area contributed by atoms with Gasteiger partial charge >= 0.3 is 0 Å². The minimum absolute atomic E-state index is 0.543. The van der Waals surface area contributed by atoms with E-state index in [1.54, 1.807) is 22.5 Å². The van der Waals surface area contributed by atoms with Crippen LogP contribution in [-0.4, -0.2) is 39.1 Å². The van der Waals surface area contributed by atoms with Gasteiger partial charge < -0.3 is 10.1 Å². The molecule has 1 heterocycles. The number of nitrogens with zero attached hydrogens (tertiary/aromatic N) is 4. The summed E-state index contributed by atoms with van der Waals surface area (Å²) in [6.45, 7) is 4.03. The van der Waals surface area contributed by atoms with Gasteiger partial charge in [-0.2, -0.15) is 0 Å². The zero-order chi connectivity index (χ0) is 16.7. The molecule has 0 bridgehead atoms. The summed E-state index contributed by atoms with van der Waals surface area (Å²) in [6.07, 6.45) is 0.996. The summed E-state index contributed by atoms with van der Waals surface area (Å²) in [5, 5.41) is 16.7. The highest BCUT2D eigenvalue weighted by Gasteiger charge is 2.10. The van der Waals surface area contributed by atoms with Crippen molar-refractivity contribution in [3.63, 3.8) is 0 Å². The van der Waals surface area contributed by atoms with Crippen LogP contribution in [0.3, 0.4) is 0 Å². The Kier molecular flexibility index (Phi) is 7.42. The van der Waals surface area contributed by atoms with Crippen molar-refractivity contribution in [2.24, 2.45) is 7.05 Å². The molecule has 0 saturated heterocycles. The lowest BCUT2D eigenvalue weighted by molar-refractivity contribution is 0.335. The number of benzene rings is 1. The van der Waals surface area contributed by atoms with Gasteiger partial charge in [-0.15, -0.1) is 5.10 Å². The van der Waals surface area contributed by atoms with Crippen LogP contribution in [0.15, 0.2) is 17.3 Å². The van der Waals surface area contributed by atoms with E-state index < -0.39 is 0 Å². The number of hydrogen-bond donors (Lipinski definition) is 1. The Morgan fingerprint density at radius 2 is 2.17 bits per heavy atom. The van der Waals surface area contributed by atoms with Gasteiger partial charge in [-0.3, -0.25) is 0 Å². The first kappa shape index (κ1) is 18.3. The first-order chi connectivity index (χ1) is 11.1. The van der Waals surface area contributed by atoms with Crippen molar-refractivity contribution in [2.75, 3.05) is 18.9 Å². The van der Waals surface area contributed by atoms with Gasteiger partial charge in [0.15, 0.2) is 0 Å². The van der Waals surface area contributed by atoms with E-state index in [-0.39, 0.29) is 0 Å². The summed E-state index contributed by atoms with van der Waals surface area (Å²) < 4.78 is 7.27. The summed E-state index contributed by atoms with van der Waals surface area (Å²) in [6, 6.07) is 3.58. The van der Waals surface area contributed by atoms with E-state index in [1.807, 2.05) is 20.0 Å². The van der Waals surface area contributed by atoms with Crippen LogP contribution in [0.4, 0.5) is 0 Å². The molecule has 0 amide bonds. The second-order valence-electron chi connectivity index (χ2n) is 4.77. The molecule has 0 spiro atoms. The highest BCUT2D eigenvalue weighted by molar-refractivity contribution is 7.99. The molecule has 9 heteroatoms. The van der Waals surface area contributed by atoms with Crippen LogP contribution in [0.2, 0.25) is 10.0 Å². The second kappa shape index (κ2) is 9.32. The third-order valence-corrected chi connectivity index (χ3v) is 4.60. The molecule has 0 radical (unpaired) electrons. The standard InChI is InChI=1S/C14H19Cl2N5OS/c1-3-22-13-10(7-11(15)8-12(13)16)9-17-5-4-6-23-14-18-19-20-21(14)2/h7-8,17H,3-6,9H2,1-2H3. The lowest BCUT2D eigenvalue weighted by Crippen LogP contribution is -2.16. The molecule has 0 unspecified atom stereocenters. The number of rotatable bonds is 9. The summed E-state index contributed by atoms with van der Waals surface area (Å²) in [5.41, 5.74) is 0.967. The Morgan fingerprint density at radius 1 is 1.35 bits per heavy atom. The SMILES string of the molecule is CCOc1c(Cl)cc(Cl)cc1CNCCCSc1nnnn1C. The van der Waals surface area contributed by atoms with Crippen LogP contribution >= 0.6 is 35.0 Å². The molecule has 0 fully saturated rings. The molecule has 0 aliphatic heterocycles. The van der Waals surface area contributed by atoms with Gasteiger partial charge in [-0.25, -0.2) is 4.68 Å². The zero-order valence-corrected chi connectivity index (χ0v) is 15.4. The Morgan fingerprint density at radius 3 is 2.87 bits per heavy atom. The Labute approximate surface area is 149 Å². The summed E-state index contributed by atoms with van der Waals surface area (Å²) in [7, 11) is 1.83. The van der Waals surface area contributed by atoms with Crippen molar-refractivity contribution in [1.29, 1.82) is 0 Å². The smallest absolute Gasteiger partial charge is 0.209 e. The number of aryl methyl sites for hydroxylation is 1. The number of tetrazole rings is 1. The van der Waals surface area contributed by atoms with Crippen molar-refractivity contribution < 1.29 is 4.74 Å². The van der Waals surface area contributed by atoms with Crippen LogP contribution in [0.1, 0.15) is 18.9 Å². The summed E-state index contributed by atoms with van der Waals surface area (Å²) in [5.74, 6) is 1.64. The molecule has 2 aromatic rings. The molecular weight excluding hydrogens is 357 g/mol. The third-order valence-electron chi connectivity index (χ3n) is 3.00. The quantitative estimate of drug-likeness (QED) is 0.536. The molecule has 0 aliphatic rings. The highest BCUT2D eigenvalue weighted by atomic mass is 35.5. The Hall–Kier alpha value is -1.02. The van der Waals surface area contributed by atoms with E-state index in [0.29, 0.717) is 28.9 Å². The number of aromatic nitrogens is 4. The number of nitrogens with one attached hydrogen (secondary N) is 1. The van der Waals surface area contributed by atoms with E-state index in [2.05, 4.69) is 20.8 Å². The molecule has 0 saturated carbocycles. The second-order valence-corrected chi connectivity index (χ2v) is 6.68. The predicted molar refractivity (Wildman–Crippen MR) is 93.5 cm³/mol. The van der Waals surface area contributed by atoms with Crippen LogP contribution in [0.5, 0.6) is 5.75 Å². The molecule has 6 nitrogen and oxygen atoms in total. The monoisotopic (exact) mass is 375 g/mol. The largest absolute Gasteiger partial charge is 0.492 e. The van der Waals surface area contributed by atoms with Crippen LogP contribution < -0.4 is 10.1 Å². The fourth-order valence-corrected chi connectivity index (χ4v) is 3.36. The highest BCUT2D eigenvalue weighted by Crippen LogP contribution is 2.32. The van der Waals surface area contributed by atoms with Crippen LogP contribution in [-0.2, 0) is 13.6 Å². The van der Waals surface area contributed by atoms with E-state index >= 15 is 0 Å². The van der Waals surface area contributed by atoms with Crippen molar-refractivity contribution >= 4 is 35.0 Å². The molecule has 126 valence electrons. The van der Waals surface area contributed by atoms with Crippen LogP contribution in [0, 0.1) is 0 Å². The topological polar surface area (TPSA) is 64.9 Å². The van der Waals surface area contributed by atoms with Crippen molar-refractivity contribution in [3.05, 3.63) is 27.7 Å². The molecule has 23 heavy (non-hydrogen) atoms. The number of thioether (sulfide) groups is 1. The zero-order valence-electron chi connectivity index (χ0n) is 13.1. The van der Waals surface area contributed by atoms with Crippen molar-refractivity contribution in [2.45, 2.75) is 25.0 Å². The van der Waals surface area contributed by atoms with Gasteiger partial charge in [0, 0.05) is 29.9 Å². The number of hydrogen-bond acceptors (Lipinski definition) is 6. The van der Waals surface area contributed by atoms with Gasteiger partial charge in [0.05, 0.1) is 11.6 Å². The maximum absolute atomic E-state index is 6.19. The molecule has 2 rings (SSSR count). The van der Waals surface area contributed by atoms with Gasteiger partial charge in [0.1, 0.15) is 5.75 Å². The normalized spacial score (nSPS) is 11.0. The Bertz CT molecular complexity index is 638. The third kappa shape index (κ3) is 5.53. The van der Waals surface area contributed by atoms with E-state index in [4.69, 9.17) is 27.9 Å². The summed E-state index contributed by atoms with van der Waals surface area (Å²) >= 11 is 13.9. The van der Waals surface area contributed by atoms with Gasteiger partial charge in [0.25, 0.3) is 0 Å². The fourth-order valence-electron chi connectivity index (χ4n) is 1.98. The van der Waals surface area contributed by atoms with Crippen LogP contribution in [0.25, 0.3) is 0 Å². The average molecular weight is 376 g/mol. The molecule has 1 N–H and O–H groups in total. The van der Waals surface area contributed by atoms with E-state index in [1.165, 1.54) is 0 Å². The molecular formula is C14H19Cl2N5OS. The minimum atomic E-state index is 0.543. The van der Waals surface area contributed by atoms with Gasteiger partial charge in [-0.1, -0.05) is 35.0 Å². The predicted octanol–water partition coefficient (Wildman–Crippen LogP) is 3.19. The molecule has 1 aromatic carbocycles. The summed E-state index contributed by atoms with van der Waals surface area (Å²) in [4.78, 5) is 0. The average Bonchev–Trinajstić information content (AvgIpc) is 2.91. The number of halogens is 2. The number of ether oxygens (including phenoxy) is 1. The fraction of sp³-hybridized carbons (Fsp3) is 0.500. The minimum Gasteiger partial charge on any atom is -0.492 e. The van der Waals surface area contributed by atoms with E-state index in [9.17, 15) is 0 Å². The molecule has 0 aliphatic carbocycles. The lowest BCUT2D eigenvalue weighted by atomic mass is 10.2.